The molecular weight excluding hydrogens is 436 g/mol. The van der Waals surface area contributed by atoms with E-state index >= 15 is 0 Å². The SMILES string of the molecule is Oc1cccc2cc(-c3c4ccccc4c(-c4ccccc4)c4ccccc34)c3c(c12)C#CCC=C3. The van der Waals surface area contributed by atoms with Gasteiger partial charge in [-0.25, -0.2) is 0 Å². The van der Waals surface area contributed by atoms with Crippen molar-refractivity contribution in [3.8, 4) is 39.8 Å². The van der Waals surface area contributed by atoms with E-state index in [4.69, 9.17) is 0 Å². The van der Waals surface area contributed by atoms with Crippen LogP contribution < -0.4 is 0 Å². The summed E-state index contributed by atoms with van der Waals surface area (Å²) in [5.74, 6) is 6.91. The summed E-state index contributed by atoms with van der Waals surface area (Å²) in [7, 11) is 0. The van der Waals surface area contributed by atoms with Gasteiger partial charge < -0.3 is 5.11 Å². The number of rotatable bonds is 2. The summed E-state index contributed by atoms with van der Waals surface area (Å²) in [5.41, 5.74) is 6.78. The second-order valence-electron chi connectivity index (χ2n) is 9.20. The second-order valence-corrected chi connectivity index (χ2v) is 9.20. The van der Waals surface area contributed by atoms with E-state index in [1.807, 2.05) is 6.07 Å². The summed E-state index contributed by atoms with van der Waals surface area (Å²) >= 11 is 0. The lowest BCUT2D eigenvalue weighted by atomic mass is 9.82. The molecule has 0 saturated heterocycles. The Kier molecular flexibility index (Phi) is 4.66. The van der Waals surface area contributed by atoms with Crippen LogP contribution in [0.3, 0.4) is 0 Å². The summed E-state index contributed by atoms with van der Waals surface area (Å²) in [5, 5.41) is 17.5. The summed E-state index contributed by atoms with van der Waals surface area (Å²) in [4.78, 5) is 0. The van der Waals surface area contributed by atoms with Gasteiger partial charge in [0.2, 0.25) is 0 Å². The van der Waals surface area contributed by atoms with Crippen LogP contribution in [0.2, 0.25) is 0 Å². The van der Waals surface area contributed by atoms with Gasteiger partial charge in [-0.05, 0) is 66.9 Å². The minimum absolute atomic E-state index is 0.272. The molecule has 1 N–H and O–H groups in total. The van der Waals surface area contributed by atoms with Crippen LogP contribution in [0, 0.1) is 11.8 Å². The highest BCUT2D eigenvalue weighted by Crippen LogP contribution is 2.46. The molecule has 0 unspecified atom stereocenters. The maximum absolute atomic E-state index is 10.8. The molecule has 6 aromatic rings. The number of hydrogen-bond donors (Lipinski definition) is 1. The number of aromatic hydroxyl groups is 1. The molecule has 0 fully saturated rings. The lowest BCUT2D eigenvalue weighted by molar-refractivity contribution is 0.481. The van der Waals surface area contributed by atoms with Gasteiger partial charge >= 0.3 is 0 Å². The Bertz CT molecular complexity index is 1860. The first kappa shape index (κ1) is 20.6. The second kappa shape index (κ2) is 8.15. The van der Waals surface area contributed by atoms with E-state index in [1.54, 1.807) is 6.07 Å². The number of allylic oxidation sites excluding steroid dienone is 1. The number of phenols is 1. The lowest BCUT2D eigenvalue weighted by Crippen LogP contribution is -1.95. The van der Waals surface area contributed by atoms with Crippen LogP contribution in [0.1, 0.15) is 17.5 Å². The molecule has 7 rings (SSSR count). The van der Waals surface area contributed by atoms with Crippen molar-refractivity contribution in [2.24, 2.45) is 0 Å². The Hall–Kier alpha value is -4.80. The molecule has 0 radical (unpaired) electrons. The fraction of sp³-hybridized carbons (Fsp3) is 0.0286. The van der Waals surface area contributed by atoms with Gasteiger partial charge in [0.05, 0.1) is 0 Å². The van der Waals surface area contributed by atoms with E-state index < -0.39 is 0 Å². The van der Waals surface area contributed by atoms with Crippen molar-refractivity contribution >= 4 is 38.4 Å². The molecule has 0 saturated carbocycles. The van der Waals surface area contributed by atoms with Crippen LogP contribution in [0.25, 0.3) is 60.6 Å². The predicted octanol–water partition coefficient (Wildman–Crippen LogP) is 8.95. The van der Waals surface area contributed by atoms with Crippen LogP contribution >= 0.6 is 0 Å². The first-order valence-electron chi connectivity index (χ1n) is 12.2. The highest BCUT2D eigenvalue weighted by atomic mass is 16.3. The first-order chi connectivity index (χ1) is 17.8. The van der Waals surface area contributed by atoms with Crippen molar-refractivity contribution in [3.63, 3.8) is 0 Å². The van der Waals surface area contributed by atoms with Gasteiger partial charge in [-0.2, -0.15) is 0 Å². The zero-order valence-electron chi connectivity index (χ0n) is 19.6. The molecular formula is C35H22O. The van der Waals surface area contributed by atoms with Gasteiger partial charge in [0.1, 0.15) is 5.75 Å². The molecule has 0 bridgehead atoms. The van der Waals surface area contributed by atoms with E-state index in [0.29, 0.717) is 6.42 Å². The molecule has 0 amide bonds. The van der Waals surface area contributed by atoms with Gasteiger partial charge in [-0.15, -0.1) is 0 Å². The maximum atomic E-state index is 10.8. The predicted molar refractivity (Wildman–Crippen MR) is 152 cm³/mol. The van der Waals surface area contributed by atoms with Crippen LogP contribution in [0.4, 0.5) is 0 Å². The Morgan fingerprint density at radius 2 is 1.28 bits per heavy atom. The van der Waals surface area contributed by atoms with E-state index in [9.17, 15) is 5.11 Å². The summed E-state index contributed by atoms with van der Waals surface area (Å²) < 4.78 is 0. The average molecular weight is 459 g/mol. The van der Waals surface area contributed by atoms with Crippen LogP contribution in [0.5, 0.6) is 5.75 Å². The molecule has 0 aliphatic heterocycles. The number of benzene rings is 6. The van der Waals surface area contributed by atoms with Gasteiger partial charge in [0, 0.05) is 17.4 Å². The van der Waals surface area contributed by atoms with E-state index in [-0.39, 0.29) is 5.75 Å². The van der Waals surface area contributed by atoms with Crippen LogP contribution in [-0.2, 0) is 0 Å². The third kappa shape index (κ3) is 3.05. The molecule has 0 aromatic heterocycles. The summed E-state index contributed by atoms with van der Waals surface area (Å²) in [6.45, 7) is 0. The molecule has 1 aliphatic rings. The maximum Gasteiger partial charge on any atom is 0.124 e. The molecule has 1 heteroatoms. The van der Waals surface area contributed by atoms with Crippen molar-refractivity contribution in [1.82, 2.24) is 0 Å². The standard InChI is InChI=1S/C35H22O/c36-32-21-11-14-24-22-31(25-15-5-2-6-16-26(25)34(24)32)35-29-19-9-7-17-27(29)33(23-12-3-1-4-13-23)28-18-8-10-20-30(28)35/h1,3-5,7-15,17-22,36H,2H2. The Morgan fingerprint density at radius 3 is 1.97 bits per heavy atom. The van der Waals surface area contributed by atoms with Gasteiger partial charge in [-0.3, -0.25) is 0 Å². The molecule has 36 heavy (non-hydrogen) atoms. The Labute approximate surface area is 210 Å². The third-order valence-electron chi connectivity index (χ3n) is 7.17. The lowest BCUT2D eigenvalue weighted by Gasteiger charge is -2.20. The minimum Gasteiger partial charge on any atom is -0.507 e. The smallest absolute Gasteiger partial charge is 0.124 e. The molecule has 168 valence electrons. The van der Waals surface area contributed by atoms with Gasteiger partial charge in [0.15, 0.2) is 0 Å². The molecule has 1 aliphatic carbocycles. The topological polar surface area (TPSA) is 20.2 Å². The van der Waals surface area contributed by atoms with Crippen LogP contribution in [0.15, 0.2) is 109 Å². The molecule has 6 aromatic carbocycles. The average Bonchev–Trinajstić information content (AvgIpc) is 3.18. The molecule has 0 heterocycles. The van der Waals surface area contributed by atoms with Crippen molar-refractivity contribution in [2.45, 2.75) is 6.42 Å². The third-order valence-corrected chi connectivity index (χ3v) is 7.17. The number of phenolic OH excluding ortho intramolecular Hbond substituents is 1. The fourth-order valence-corrected chi connectivity index (χ4v) is 5.67. The molecule has 1 nitrogen and oxygen atoms in total. The van der Waals surface area contributed by atoms with Crippen molar-refractivity contribution in [2.75, 3.05) is 0 Å². The largest absolute Gasteiger partial charge is 0.507 e. The highest BCUT2D eigenvalue weighted by molar-refractivity contribution is 6.22. The fourth-order valence-electron chi connectivity index (χ4n) is 5.67. The summed E-state index contributed by atoms with van der Waals surface area (Å²) in [6.07, 6.45) is 4.98. The van der Waals surface area contributed by atoms with Gasteiger partial charge in [0.25, 0.3) is 0 Å². The number of fused-ring (bicyclic) bond motifs is 5. The van der Waals surface area contributed by atoms with Gasteiger partial charge in [-0.1, -0.05) is 115 Å². The van der Waals surface area contributed by atoms with Crippen molar-refractivity contribution in [1.29, 1.82) is 0 Å². The summed E-state index contributed by atoms with van der Waals surface area (Å²) in [6, 6.07) is 36.0. The zero-order chi connectivity index (χ0) is 24.1. The Morgan fingerprint density at radius 1 is 0.639 bits per heavy atom. The van der Waals surface area contributed by atoms with Crippen LogP contribution in [-0.4, -0.2) is 5.11 Å². The minimum atomic E-state index is 0.272. The Balaban J connectivity index is 1.71. The first-order valence-corrected chi connectivity index (χ1v) is 12.2. The van der Waals surface area contributed by atoms with Crippen molar-refractivity contribution in [3.05, 3.63) is 120 Å². The van der Waals surface area contributed by atoms with Crippen molar-refractivity contribution < 1.29 is 5.11 Å². The number of hydrogen-bond acceptors (Lipinski definition) is 1. The molecule has 0 spiro atoms. The quantitative estimate of drug-likeness (QED) is 0.203. The van der Waals surface area contributed by atoms with E-state index in [2.05, 4.69) is 115 Å². The molecule has 0 atom stereocenters. The normalized spacial score (nSPS) is 12.3. The zero-order valence-corrected chi connectivity index (χ0v) is 19.6. The highest BCUT2D eigenvalue weighted by Gasteiger charge is 2.21. The monoisotopic (exact) mass is 458 g/mol. The van der Waals surface area contributed by atoms with E-state index in [0.717, 1.165) is 27.5 Å². The van der Waals surface area contributed by atoms with E-state index in [1.165, 1.54) is 38.2 Å².